The Morgan fingerprint density at radius 1 is 1.31 bits per heavy atom. The maximum Gasteiger partial charge on any atom is 0.257 e. The van der Waals surface area contributed by atoms with Crippen LogP contribution in [0.2, 0.25) is 0 Å². The molecule has 0 radical (unpaired) electrons. The summed E-state index contributed by atoms with van der Waals surface area (Å²) in [5.41, 5.74) is 3.71. The molecular weight excluding hydrogens is 530 g/mol. The zero-order chi connectivity index (χ0) is 25.6. The van der Waals surface area contributed by atoms with Crippen molar-refractivity contribution < 1.29 is 28.6 Å². The highest BCUT2D eigenvalue weighted by atomic mass is 79.9. The topological polar surface area (TPSA) is 106 Å². The van der Waals surface area contributed by atoms with Gasteiger partial charge in [0.1, 0.15) is 11.4 Å². The average Bonchev–Trinajstić information content (AvgIpc) is 3.44. The molecule has 0 saturated carbocycles. The number of hydrogen-bond donors (Lipinski definition) is 2. The number of methoxy groups -OCH3 is 1. The van der Waals surface area contributed by atoms with E-state index in [1.807, 2.05) is 17.0 Å². The maximum absolute atomic E-state index is 13.6. The lowest BCUT2D eigenvalue weighted by Gasteiger charge is -2.35. The Kier molecular flexibility index (Phi) is 6.13. The minimum atomic E-state index is -0.368. The van der Waals surface area contributed by atoms with E-state index in [0.29, 0.717) is 52.1 Å². The molecule has 0 aliphatic carbocycles. The predicted octanol–water partition coefficient (Wildman–Crippen LogP) is 5.22. The highest BCUT2D eigenvalue weighted by Crippen LogP contribution is 2.44. The van der Waals surface area contributed by atoms with Crippen LogP contribution in [0.25, 0.3) is 5.57 Å². The number of nitrogens with zero attached hydrogens (tertiary/aromatic N) is 2. The molecule has 9 nitrogen and oxygen atoms in total. The third-order valence-electron chi connectivity index (χ3n) is 6.25. The lowest BCUT2D eigenvalue weighted by Crippen LogP contribution is -2.29. The summed E-state index contributed by atoms with van der Waals surface area (Å²) in [6.07, 6.45) is 3.56. The van der Waals surface area contributed by atoms with Crippen LogP contribution in [-0.2, 0) is 11.3 Å². The Morgan fingerprint density at radius 2 is 2.06 bits per heavy atom. The van der Waals surface area contributed by atoms with Gasteiger partial charge in [-0.15, -0.1) is 6.58 Å². The Hall–Kier alpha value is -3.92. The van der Waals surface area contributed by atoms with Crippen LogP contribution in [0.1, 0.15) is 34.2 Å². The molecule has 2 N–H and O–H groups in total. The number of hydrogen-bond acceptors (Lipinski definition) is 8. The number of aromatic hydroxyl groups is 1. The first kappa shape index (κ1) is 23.8. The van der Waals surface area contributed by atoms with Gasteiger partial charge in [-0.05, 0) is 54.8 Å². The second-order valence-electron chi connectivity index (χ2n) is 8.46. The van der Waals surface area contributed by atoms with Gasteiger partial charge in [0.15, 0.2) is 28.8 Å². The van der Waals surface area contributed by atoms with Gasteiger partial charge in [-0.3, -0.25) is 4.79 Å². The maximum atomic E-state index is 13.6. The molecule has 1 aromatic heterocycles. The molecule has 5 rings (SSSR count). The molecule has 0 bridgehead atoms. The van der Waals surface area contributed by atoms with Crippen LogP contribution in [0.3, 0.4) is 0 Å². The molecule has 2 aromatic carbocycles. The first-order chi connectivity index (χ1) is 17.3. The zero-order valence-corrected chi connectivity index (χ0v) is 21.5. The number of benzene rings is 2. The number of ether oxygens (including phenoxy) is 3. The molecular formula is C26H24BrN3O6. The van der Waals surface area contributed by atoms with Crippen LogP contribution in [0.15, 0.2) is 52.1 Å². The molecule has 0 spiro atoms. The van der Waals surface area contributed by atoms with E-state index in [2.05, 4.69) is 33.0 Å². The molecule has 3 aromatic rings. The lowest BCUT2D eigenvalue weighted by molar-refractivity contribution is -0.111. The van der Waals surface area contributed by atoms with Gasteiger partial charge in [0.05, 0.1) is 18.7 Å². The van der Waals surface area contributed by atoms with Crippen molar-refractivity contribution in [3.05, 3.63) is 75.7 Å². The number of anilines is 1. The Morgan fingerprint density at radius 3 is 2.72 bits per heavy atom. The van der Waals surface area contributed by atoms with Crippen LogP contribution < -0.4 is 19.5 Å². The zero-order valence-electron chi connectivity index (χ0n) is 19.9. The number of phenolic OH excluding ortho intramolecular Hbond substituents is 1. The molecule has 0 saturated heterocycles. The van der Waals surface area contributed by atoms with Crippen LogP contribution in [0, 0.1) is 13.8 Å². The number of fused-ring (bicyclic) bond motifs is 2. The summed E-state index contributed by atoms with van der Waals surface area (Å²) < 4.78 is 22.4. The molecule has 2 aliphatic rings. The van der Waals surface area contributed by atoms with E-state index in [9.17, 15) is 9.90 Å². The van der Waals surface area contributed by atoms with Crippen LogP contribution >= 0.6 is 15.9 Å². The predicted molar refractivity (Wildman–Crippen MR) is 136 cm³/mol. The van der Waals surface area contributed by atoms with Gasteiger partial charge in [-0.1, -0.05) is 27.2 Å². The first-order valence-corrected chi connectivity index (χ1v) is 11.9. The van der Waals surface area contributed by atoms with Crippen LogP contribution in [0.5, 0.6) is 23.0 Å². The normalized spacial score (nSPS) is 15.8. The number of carbonyl (C=O) groups is 1. The third kappa shape index (κ3) is 4.07. The average molecular weight is 554 g/mol. The molecule has 10 heteroatoms. The second kappa shape index (κ2) is 9.27. The largest absolute Gasteiger partial charge is 0.504 e. The number of carbonyl (C=O) groups excluding carboxylic acids is 1. The minimum absolute atomic E-state index is 0.0675. The standard InChI is InChI=1S/C26H24BrN3O6/c1-5-20-17-8-22(33-4)21(31)7-16(17)18(26(32)28-25-13(2)29-36-14(25)3)11-30(20)10-15-6-23-24(9-19(15)27)35-12-34-23/h5-9,11,20,31H,1,10,12H2,2-4H3,(H,28,32). The molecule has 2 aliphatic heterocycles. The number of rotatable bonds is 6. The first-order valence-electron chi connectivity index (χ1n) is 11.1. The van der Waals surface area contributed by atoms with E-state index in [4.69, 9.17) is 18.7 Å². The molecule has 1 unspecified atom stereocenters. The van der Waals surface area contributed by atoms with Crippen LogP contribution in [0.4, 0.5) is 5.69 Å². The Labute approximate surface area is 216 Å². The van der Waals surface area contributed by atoms with E-state index in [-0.39, 0.29) is 24.5 Å². The van der Waals surface area contributed by atoms with Crippen molar-refractivity contribution in [2.45, 2.75) is 26.4 Å². The number of aromatic nitrogens is 1. The summed E-state index contributed by atoms with van der Waals surface area (Å²) in [5.74, 6) is 1.70. The fourth-order valence-corrected chi connectivity index (χ4v) is 4.87. The van der Waals surface area contributed by atoms with Gasteiger partial charge in [0, 0.05) is 17.2 Å². The van der Waals surface area contributed by atoms with E-state index < -0.39 is 0 Å². The number of nitrogens with one attached hydrogen (secondary N) is 1. The van der Waals surface area contributed by atoms with Gasteiger partial charge < -0.3 is 34.1 Å². The SMILES string of the molecule is C=CC1c2cc(OC)c(O)cc2C(C(=O)Nc2c(C)noc2C)=CN1Cc1cc2c(cc1Br)OCO2. The summed E-state index contributed by atoms with van der Waals surface area (Å²) in [6.45, 7) is 8.12. The third-order valence-corrected chi connectivity index (χ3v) is 6.98. The quantitative estimate of drug-likeness (QED) is 0.400. The minimum Gasteiger partial charge on any atom is -0.504 e. The van der Waals surface area contributed by atoms with Crippen molar-refractivity contribution in [1.29, 1.82) is 0 Å². The second-order valence-corrected chi connectivity index (χ2v) is 9.31. The highest BCUT2D eigenvalue weighted by molar-refractivity contribution is 9.10. The van der Waals surface area contributed by atoms with Crippen molar-refractivity contribution in [2.75, 3.05) is 19.2 Å². The van der Waals surface area contributed by atoms with E-state index in [1.165, 1.54) is 13.2 Å². The van der Waals surface area contributed by atoms with E-state index in [1.54, 1.807) is 32.2 Å². The van der Waals surface area contributed by atoms with Gasteiger partial charge in [0.2, 0.25) is 6.79 Å². The lowest BCUT2D eigenvalue weighted by atomic mass is 9.89. The summed E-state index contributed by atoms with van der Waals surface area (Å²) >= 11 is 3.62. The van der Waals surface area contributed by atoms with Crippen molar-refractivity contribution in [3.8, 4) is 23.0 Å². The fraction of sp³-hybridized carbons (Fsp3) is 0.231. The summed E-state index contributed by atoms with van der Waals surface area (Å²) in [5, 5.41) is 17.3. The van der Waals surface area contributed by atoms with Gasteiger partial charge in [-0.25, -0.2) is 0 Å². The monoisotopic (exact) mass is 553 g/mol. The fourth-order valence-electron chi connectivity index (χ4n) is 4.43. The van der Waals surface area contributed by atoms with Crippen molar-refractivity contribution in [1.82, 2.24) is 10.1 Å². The van der Waals surface area contributed by atoms with Gasteiger partial charge >= 0.3 is 0 Å². The van der Waals surface area contributed by atoms with Crippen molar-refractivity contribution in [2.24, 2.45) is 0 Å². The smallest absolute Gasteiger partial charge is 0.257 e. The summed E-state index contributed by atoms with van der Waals surface area (Å²) in [7, 11) is 1.48. The van der Waals surface area contributed by atoms with Crippen molar-refractivity contribution in [3.63, 3.8) is 0 Å². The summed E-state index contributed by atoms with van der Waals surface area (Å²) in [6, 6.07) is 6.75. The van der Waals surface area contributed by atoms with Gasteiger partial charge in [0.25, 0.3) is 5.91 Å². The molecule has 3 heterocycles. The number of aryl methyl sites for hydroxylation is 2. The Bertz CT molecular complexity index is 1390. The van der Waals surface area contributed by atoms with Gasteiger partial charge in [-0.2, -0.15) is 0 Å². The number of amides is 1. The molecule has 1 atom stereocenters. The highest BCUT2D eigenvalue weighted by Gasteiger charge is 2.31. The van der Waals surface area contributed by atoms with Crippen LogP contribution in [-0.4, -0.2) is 35.0 Å². The molecule has 1 amide bonds. The number of halogens is 1. The van der Waals surface area contributed by atoms with E-state index >= 15 is 0 Å². The number of phenols is 1. The van der Waals surface area contributed by atoms with Crippen molar-refractivity contribution >= 4 is 33.1 Å². The molecule has 36 heavy (non-hydrogen) atoms. The Balaban J connectivity index is 1.59. The molecule has 186 valence electrons. The molecule has 0 fully saturated rings. The summed E-state index contributed by atoms with van der Waals surface area (Å²) in [4.78, 5) is 15.5. The van der Waals surface area contributed by atoms with E-state index in [0.717, 1.165) is 15.6 Å².